The number of fused-ring (bicyclic) bond motifs is 1. The molecule has 148 valence electrons. The van der Waals surface area contributed by atoms with Crippen molar-refractivity contribution < 1.29 is 9.53 Å². The molecular formula is C23H29N3O2. The number of benzene rings is 2. The summed E-state index contributed by atoms with van der Waals surface area (Å²) in [6.45, 7) is 6.23. The van der Waals surface area contributed by atoms with Crippen molar-refractivity contribution in [3.05, 3.63) is 54.1 Å². The lowest BCUT2D eigenvalue weighted by molar-refractivity contribution is -0.116. The molecule has 0 atom stereocenters. The topological polar surface area (TPSA) is 44.8 Å². The Morgan fingerprint density at radius 2 is 1.82 bits per heavy atom. The number of hydrogen-bond acceptors (Lipinski definition) is 4. The first kappa shape index (κ1) is 18.8. The quantitative estimate of drug-likeness (QED) is 0.780. The highest BCUT2D eigenvalue weighted by Crippen LogP contribution is 2.31. The first-order chi connectivity index (χ1) is 13.8. The van der Waals surface area contributed by atoms with Crippen LogP contribution in [0.2, 0.25) is 0 Å². The van der Waals surface area contributed by atoms with Crippen molar-refractivity contribution in [2.75, 3.05) is 49.5 Å². The van der Waals surface area contributed by atoms with Gasteiger partial charge in [0.15, 0.2) is 0 Å². The van der Waals surface area contributed by atoms with Gasteiger partial charge in [-0.05, 0) is 50.1 Å². The third-order valence-corrected chi connectivity index (χ3v) is 5.60. The Labute approximate surface area is 167 Å². The Balaban J connectivity index is 1.23. The maximum Gasteiger partial charge on any atom is 0.224 e. The molecule has 0 bridgehead atoms. The third kappa shape index (κ3) is 4.65. The standard InChI is InChI=1S/C23H29N3O2/c27-23-12-11-20-21(24-23)9-4-10-22(20)28-18-6-14-25-13-5-15-26(17-16-25)19-7-2-1-3-8-19/h1-4,7-10H,5-6,11-18H2,(H,24,27). The van der Waals surface area contributed by atoms with E-state index >= 15 is 0 Å². The van der Waals surface area contributed by atoms with E-state index in [1.165, 1.54) is 12.1 Å². The van der Waals surface area contributed by atoms with Crippen molar-refractivity contribution in [3.63, 3.8) is 0 Å². The van der Waals surface area contributed by atoms with Crippen molar-refractivity contribution in [2.24, 2.45) is 0 Å². The molecule has 1 amide bonds. The van der Waals surface area contributed by atoms with Gasteiger partial charge in [0, 0.05) is 49.5 Å². The summed E-state index contributed by atoms with van der Waals surface area (Å²) in [6.07, 6.45) is 3.51. The number of carbonyl (C=O) groups excluding carboxylic acids is 1. The van der Waals surface area contributed by atoms with E-state index in [9.17, 15) is 4.79 Å². The van der Waals surface area contributed by atoms with Crippen LogP contribution in [0.15, 0.2) is 48.5 Å². The molecule has 0 saturated carbocycles. The molecule has 1 fully saturated rings. The number of anilines is 2. The van der Waals surface area contributed by atoms with E-state index in [4.69, 9.17) is 4.74 Å². The van der Waals surface area contributed by atoms with E-state index in [-0.39, 0.29) is 5.91 Å². The molecule has 2 aliphatic heterocycles. The van der Waals surface area contributed by atoms with Gasteiger partial charge in [-0.1, -0.05) is 24.3 Å². The van der Waals surface area contributed by atoms with E-state index in [0.717, 1.165) is 62.6 Å². The third-order valence-electron chi connectivity index (χ3n) is 5.60. The number of para-hydroxylation sites is 1. The zero-order chi connectivity index (χ0) is 19.2. The molecule has 0 radical (unpaired) electrons. The van der Waals surface area contributed by atoms with Crippen LogP contribution in [0.5, 0.6) is 5.75 Å². The molecule has 2 aromatic rings. The summed E-state index contributed by atoms with van der Waals surface area (Å²) in [5.41, 5.74) is 3.37. The van der Waals surface area contributed by atoms with E-state index in [1.807, 2.05) is 18.2 Å². The Kier molecular flexibility index (Phi) is 6.12. The minimum absolute atomic E-state index is 0.0929. The molecule has 0 aromatic heterocycles. The van der Waals surface area contributed by atoms with Gasteiger partial charge in [-0.2, -0.15) is 0 Å². The van der Waals surface area contributed by atoms with Crippen LogP contribution in [0.3, 0.4) is 0 Å². The number of carbonyl (C=O) groups is 1. The second kappa shape index (κ2) is 9.11. The minimum Gasteiger partial charge on any atom is -0.493 e. The molecule has 2 aliphatic rings. The van der Waals surface area contributed by atoms with Crippen LogP contribution in [0.25, 0.3) is 0 Å². The normalized spacial score (nSPS) is 17.6. The SMILES string of the molecule is O=C1CCc2c(cccc2OCCCN2CCCN(c3ccccc3)CC2)N1. The molecule has 5 nitrogen and oxygen atoms in total. The molecule has 0 unspecified atom stereocenters. The lowest BCUT2D eigenvalue weighted by Gasteiger charge is -2.24. The number of amides is 1. The summed E-state index contributed by atoms with van der Waals surface area (Å²) in [6, 6.07) is 16.6. The lowest BCUT2D eigenvalue weighted by Crippen LogP contribution is -2.31. The van der Waals surface area contributed by atoms with Gasteiger partial charge in [0.2, 0.25) is 5.91 Å². The Morgan fingerprint density at radius 1 is 0.929 bits per heavy atom. The Morgan fingerprint density at radius 3 is 2.71 bits per heavy atom. The average molecular weight is 380 g/mol. The summed E-state index contributed by atoms with van der Waals surface area (Å²) in [5.74, 6) is 1.01. The summed E-state index contributed by atoms with van der Waals surface area (Å²) >= 11 is 0. The monoisotopic (exact) mass is 379 g/mol. The summed E-state index contributed by atoms with van der Waals surface area (Å²) in [4.78, 5) is 16.6. The van der Waals surface area contributed by atoms with Crippen LogP contribution in [-0.4, -0.2) is 50.1 Å². The van der Waals surface area contributed by atoms with Gasteiger partial charge in [0.05, 0.1) is 6.61 Å². The van der Waals surface area contributed by atoms with E-state index in [2.05, 4.69) is 45.4 Å². The predicted molar refractivity (Wildman–Crippen MR) is 113 cm³/mol. The van der Waals surface area contributed by atoms with Gasteiger partial charge in [0.1, 0.15) is 5.75 Å². The van der Waals surface area contributed by atoms with Crippen molar-refractivity contribution >= 4 is 17.3 Å². The fraction of sp³-hybridized carbons (Fsp3) is 0.435. The number of ether oxygens (including phenoxy) is 1. The van der Waals surface area contributed by atoms with E-state index in [0.29, 0.717) is 13.0 Å². The second-order valence-corrected chi connectivity index (χ2v) is 7.55. The molecule has 0 aliphatic carbocycles. The fourth-order valence-corrected chi connectivity index (χ4v) is 4.09. The highest BCUT2D eigenvalue weighted by Gasteiger charge is 2.18. The largest absolute Gasteiger partial charge is 0.493 e. The number of rotatable bonds is 6. The summed E-state index contributed by atoms with van der Waals surface area (Å²) in [7, 11) is 0. The average Bonchev–Trinajstić information content (AvgIpc) is 2.97. The Bertz CT molecular complexity index is 794. The molecule has 1 N–H and O–H groups in total. The van der Waals surface area contributed by atoms with Crippen molar-refractivity contribution in [3.8, 4) is 5.75 Å². The van der Waals surface area contributed by atoms with Crippen LogP contribution in [0.1, 0.15) is 24.8 Å². The van der Waals surface area contributed by atoms with E-state index < -0.39 is 0 Å². The molecule has 2 aromatic carbocycles. The first-order valence-electron chi connectivity index (χ1n) is 10.4. The molecule has 0 spiro atoms. The molecule has 5 heteroatoms. The zero-order valence-corrected chi connectivity index (χ0v) is 16.4. The molecular weight excluding hydrogens is 350 g/mol. The predicted octanol–water partition coefficient (Wildman–Crippen LogP) is 3.55. The second-order valence-electron chi connectivity index (χ2n) is 7.55. The van der Waals surface area contributed by atoms with Crippen LogP contribution in [0.4, 0.5) is 11.4 Å². The van der Waals surface area contributed by atoms with Gasteiger partial charge >= 0.3 is 0 Å². The number of nitrogens with zero attached hydrogens (tertiary/aromatic N) is 2. The molecule has 4 rings (SSSR count). The van der Waals surface area contributed by atoms with Crippen molar-refractivity contribution in [2.45, 2.75) is 25.7 Å². The van der Waals surface area contributed by atoms with Crippen LogP contribution >= 0.6 is 0 Å². The van der Waals surface area contributed by atoms with Gasteiger partial charge in [-0.15, -0.1) is 0 Å². The van der Waals surface area contributed by atoms with Gasteiger partial charge < -0.3 is 19.9 Å². The van der Waals surface area contributed by atoms with Gasteiger partial charge in [-0.3, -0.25) is 4.79 Å². The minimum atomic E-state index is 0.0929. The maximum atomic E-state index is 11.6. The number of nitrogens with one attached hydrogen (secondary N) is 1. The van der Waals surface area contributed by atoms with Gasteiger partial charge in [0.25, 0.3) is 0 Å². The first-order valence-corrected chi connectivity index (χ1v) is 10.4. The molecule has 28 heavy (non-hydrogen) atoms. The van der Waals surface area contributed by atoms with E-state index in [1.54, 1.807) is 0 Å². The smallest absolute Gasteiger partial charge is 0.224 e. The highest BCUT2D eigenvalue weighted by atomic mass is 16.5. The van der Waals surface area contributed by atoms with Gasteiger partial charge in [-0.25, -0.2) is 0 Å². The van der Waals surface area contributed by atoms with Crippen LogP contribution in [0, 0.1) is 0 Å². The molecule has 2 heterocycles. The fourth-order valence-electron chi connectivity index (χ4n) is 4.09. The zero-order valence-electron chi connectivity index (χ0n) is 16.4. The molecule has 1 saturated heterocycles. The van der Waals surface area contributed by atoms with Crippen LogP contribution in [-0.2, 0) is 11.2 Å². The van der Waals surface area contributed by atoms with Crippen LogP contribution < -0.4 is 15.0 Å². The summed E-state index contributed by atoms with van der Waals surface area (Å²) < 4.78 is 6.06. The lowest BCUT2D eigenvalue weighted by atomic mass is 10.0. The summed E-state index contributed by atoms with van der Waals surface area (Å²) in [5, 5.41) is 2.94. The van der Waals surface area contributed by atoms with Crippen molar-refractivity contribution in [1.29, 1.82) is 0 Å². The number of hydrogen-bond donors (Lipinski definition) is 1. The Hall–Kier alpha value is -2.53. The maximum absolute atomic E-state index is 11.6. The van der Waals surface area contributed by atoms with Crippen molar-refractivity contribution in [1.82, 2.24) is 4.90 Å². The highest BCUT2D eigenvalue weighted by molar-refractivity contribution is 5.94.